The summed E-state index contributed by atoms with van der Waals surface area (Å²) in [6.45, 7) is 11.2. The van der Waals surface area contributed by atoms with Crippen molar-refractivity contribution in [1.82, 2.24) is 29.7 Å². The Bertz CT molecular complexity index is 971. The maximum absolute atomic E-state index is 11.6. The predicted octanol–water partition coefficient (Wildman–Crippen LogP) is -0.0889. The Morgan fingerprint density at radius 2 is 1.35 bits per heavy atom. The Labute approximate surface area is 202 Å². The van der Waals surface area contributed by atoms with Crippen LogP contribution in [0.5, 0.6) is 0 Å². The second kappa shape index (κ2) is 12.2. The Kier molecular flexibility index (Phi) is 9.57. The molecule has 0 spiro atoms. The topological polar surface area (TPSA) is 115 Å². The summed E-state index contributed by atoms with van der Waals surface area (Å²) in [6.07, 6.45) is 2.36. The van der Waals surface area contributed by atoms with Crippen LogP contribution in [0.2, 0.25) is 0 Å². The van der Waals surface area contributed by atoms with E-state index < -0.39 is 9.84 Å². The van der Waals surface area contributed by atoms with Gasteiger partial charge in [0.15, 0.2) is 9.84 Å². The van der Waals surface area contributed by atoms with Crippen LogP contribution in [0.1, 0.15) is 25.1 Å². The zero-order chi connectivity index (χ0) is 24.7. The highest BCUT2D eigenvalue weighted by Gasteiger charge is 2.19. The van der Waals surface area contributed by atoms with Gasteiger partial charge in [0.2, 0.25) is 0 Å². The molecule has 0 saturated carbocycles. The minimum absolute atomic E-state index is 0.304. The highest BCUT2D eigenvalue weighted by atomic mass is 32.2. The normalized spacial score (nSPS) is 19.3. The van der Waals surface area contributed by atoms with E-state index in [-0.39, 0.29) is 12.2 Å². The number of nitrogens with zero attached hydrogens (tertiary/aromatic N) is 6. The van der Waals surface area contributed by atoms with Gasteiger partial charge in [-0.2, -0.15) is 0 Å². The molecule has 0 bridgehead atoms. The zero-order valence-corrected chi connectivity index (χ0v) is 21.2. The van der Waals surface area contributed by atoms with Crippen molar-refractivity contribution >= 4 is 9.84 Å². The standard InChI is InChI=1S/C23H38N6O4S/c1-19(30)14-26-8-9-27(15-20(2)31)11-13-28(12-10-26)17-22-18-29(25-24-22)16-21-4-6-23(7-5-21)34(3,32)33/h4-7,18-20,30-31H,8-17H2,1-3H3/t19-,20-/m0/s1. The number of hydrogen-bond donors (Lipinski definition) is 2. The Morgan fingerprint density at radius 3 is 1.82 bits per heavy atom. The molecule has 1 aromatic carbocycles. The van der Waals surface area contributed by atoms with Crippen molar-refractivity contribution in [2.75, 3.05) is 58.6 Å². The second-order valence-corrected chi connectivity index (χ2v) is 11.4. The van der Waals surface area contributed by atoms with E-state index >= 15 is 0 Å². The van der Waals surface area contributed by atoms with Crippen LogP contribution in [0, 0.1) is 0 Å². The van der Waals surface area contributed by atoms with E-state index in [2.05, 4.69) is 25.0 Å². The highest BCUT2D eigenvalue weighted by Crippen LogP contribution is 2.12. The first-order valence-corrected chi connectivity index (χ1v) is 13.7. The molecule has 190 valence electrons. The molecular weight excluding hydrogens is 456 g/mol. The molecule has 0 aliphatic carbocycles. The molecule has 0 amide bonds. The fourth-order valence-corrected chi connectivity index (χ4v) is 4.83. The van der Waals surface area contributed by atoms with Gasteiger partial charge in [0.25, 0.3) is 0 Å². The summed E-state index contributed by atoms with van der Waals surface area (Å²) in [4.78, 5) is 7.19. The van der Waals surface area contributed by atoms with Crippen molar-refractivity contribution in [1.29, 1.82) is 0 Å². The zero-order valence-electron chi connectivity index (χ0n) is 20.4. The summed E-state index contributed by atoms with van der Waals surface area (Å²) in [5.41, 5.74) is 1.82. The van der Waals surface area contributed by atoms with Crippen LogP contribution in [-0.2, 0) is 22.9 Å². The average molecular weight is 495 g/mol. The van der Waals surface area contributed by atoms with E-state index in [1.54, 1.807) is 28.9 Å². The number of rotatable bonds is 9. The van der Waals surface area contributed by atoms with E-state index in [1.165, 1.54) is 6.26 Å². The van der Waals surface area contributed by atoms with Gasteiger partial charge in [-0.25, -0.2) is 13.1 Å². The predicted molar refractivity (Wildman–Crippen MR) is 130 cm³/mol. The minimum Gasteiger partial charge on any atom is -0.392 e. The molecule has 1 saturated heterocycles. The van der Waals surface area contributed by atoms with E-state index in [4.69, 9.17) is 0 Å². The van der Waals surface area contributed by atoms with Gasteiger partial charge in [0, 0.05) is 65.2 Å². The molecule has 0 radical (unpaired) electrons. The molecule has 0 unspecified atom stereocenters. The lowest BCUT2D eigenvalue weighted by Crippen LogP contribution is -2.41. The molecular formula is C23H38N6O4S. The summed E-state index contributed by atoms with van der Waals surface area (Å²) in [5.74, 6) is 0. The van der Waals surface area contributed by atoms with E-state index in [1.807, 2.05) is 20.0 Å². The first-order valence-electron chi connectivity index (χ1n) is 11.8. The fourth-order valence-electron chi connectivity index (χ4n) is 4.20. The summed E-state index contributed by atoms with van der Waals surface area (Å²) in [6, 6.07) is 6.83. The van der Waals surface area contributed by atoms with E-state index in [0.29, 0.717) is 31.1 Å². The summed E-state index contributed by atoms with van der Waals surface area (Å²) >= 11 is 0. The molecule has 11 heteroatoms. The third kappa shape index (κ3) is 8.71. The summed E-state index contributed by atoms with van der Waals surface area (Å²) in [7, 11) is -3.21. The van der Waals surface area contributed by atoms with Crippen LogP contribution < -0.4 is 0 Å². The molecule has 34 heavy (non-hydrogen) atoms. The van der Waals surface area contributed by atoms with Gasteiger partial charge in [-0.3, -0.25) is 14.7 Å². The van der Waals surface area contributed by atoms with Crippen LogP contribution in [0.4, 0.5) is 0 Å². The number of β-amino-alcohol motifs (C(OH)–C–C–N with tert-alkyl or cyclic N) is 2. The van der Waals surface area contributed by atoms with Gasteiger partial charge in [0.05, 0.1) is 35.5 Å². The molecule has 10 nitrogen and oxygen atoms in total. The smallest absolute Gasteiger partial charge is 0.175 e. The van der Waals surface area contributed by atoms with Crippen LogP contribution in [0.3, 0.4) is 0 Å². The lowest BCUT2D eigenvalue weighted by molar-refractivity contribution is 0.102. The number of sulfone groups is 1. The molecule has 2 heterocycles. The highest BCUT2D eigenvalue weighted by molar-refractivity contribution is 7.90. The lowest BCUT2D eigenvalue weighted by atomic mass is 10.2. The summed E-state index contributed by atoms with van der Waals surface area (Å²) < 4.78 is 25.1. The van der Waals surface area contributed by atoms with Crippen LogP contribution >= 0.6 is 0 Å². The average Bonchev–Trinajstić information content (AvgIpc) is 3.20. The van der Waals surface area contributed by atoms with Gasteiger partial charge in [-0.15, -0.1) is 5.10 Å². The second-order valence-electron chi connectivity index (χ2n) is 9.40. The van der Waals surface area contributed by atoms with Gasteiger partial charge in [0.1, 0.15) is 0 Å². The maximum Gasteiger partial charge on any atom is 0.175 e. The Morgan fingerprint density at radius 1 is 0.853 bits per heavy atom. The first kappa shape index (κ1) is 26.7. The molecule has 1 fully saturated rings. The quantitative estimate of drug-likeness (QED) is 0.494. The lowest BCUT2D eigenvalue weighted by Gasteiger charge is -2.27. The number of aromatic nitrogens is 3. The number of aliphatic hydroxyl groups is 2. The molecule has 1 aromatic heterocycles. The van der Waals surface area contributed by atoms with E-state index in [0.717, 1.165) is 50.5 Å². The molecule has 1 aliphatic heterocycles. The molecule has 3 rings (SSSR count). The largest absolute Gasteiger partial charge is 0.392 e. The van der Waals surface area contributed by atoms with Gasteiger partial charge < -0.3 is 10.2 Å². The third-order valence-electron chi connectivity index (χ3n) is 5.91. The molecule has 2 N–H and O–H groups in total. The Hall–Kier alpha value is -1.89. The van der Waals surface area contributed by atoms with Gasteiger partial charge >= 0.3 is 0 Å². The third-order valence-corrected chi connectivity index (χ3v) is 7.04. The molecule has 1 aliphatic rings. The minimum atomic E-state index is -3.21. The first-order chi connectivity index (χ1) is 16.1. The SMILES string of the molecule is C[C@H](O)CN1CCN(Cc2cn(Cc3ccc(S(C)(=O)=O)cc3)nn2)CCN(C[C@H](C)O)CC1. The summed E-state index contributed by atoms with van der Waals surface area (Å²) in [5, 5.41) is 28.3. The molecule has 2 atom stereocenters. The van der Waals surface area contributed by atoms with Crippen LogP contribution in [-0.4, -0.2) is 119 Å². The number of hydrogen-bond acceptors (Lipinski definition) is 9. The van der Waals surface area contributed by atoms with E-state index in [9.17, 15) is 18.6 Å². The van der Waals surface area contributed by atoms with Crippen LogP contribution in [0.25, 0.3) is 0 Å². The monoisotopic (exact) mass is 494 g/mol. The van der Waals surface area contributed by atoms with Gasteiger partial charge in [-0.1, -0.05) is 17.3 Å². The fraction of sp³-hybridized carbons (Fsp3) is 0.652. The van der Waals surface area contributed by atoms with Gasteiger partial charge in [-0.05, 0) is 31.5 Å². The molecule has 2 aromatic rings. The van der Waals surface area contributed by atoms with Crippen molar-refractivity contribution in [2.45, 2.75) is 44.0 Å². The van der Waals surface area contributed by atoms with Crippen molar-refractivity contribution in [3.63, 3.8) is 0 Å². The van der Waals surface area contributed by atoms with Crippen molar-refractivity contribution in [3.8, 4) is 0 Å². The number of aliphatic hydroxyl groups excluding tert-OH is 2. The number of benzene rings is 1. The van der Waals surface area contributed by atoms with Crippen molar-refractivity contribution < 1.29 is 18.6 Å². The van der Waals surface area contributed by atoms with Crippen LogP contribution in [0.15, 0.2) is 35.4 Å². The Balaban J connectivity index is 1.62. The van der Waals surface area contributed by atoms with Crippen molar-refractivity contribution in [3.05, 3.63) is 41.7 Å². The maximum atomic E-state index is 11.6. The van der Waals surface area contributed by atoms with Crippen molar-refractivity contribution in [2.24, 2.45) is 0 Å².